The highest BCUT2D eigenvalue weighted by Crippen LogP contribution is 2.37. The van der Waals surface area contributed by atoms with Crippen LogP contribution in [0.25, 0.3) is 0 Å². The monoisotopic (exact) mass is 368 g/mol. The van der Waals surface area contributed by atoms with E-state index in [0.29, 0.717) is 0 Å². The molecule has 0 radical (unpaired) electrons. The molecule has 0 aromatic heterocycles. The lowest BCUT2D eigenvalue weighted by Gasteiger charge is -2.45. The average Bonchev–Trinajstić information content (AvgIpc) is 2.71. The lowest BCUT2D eigenvalue weighted by Crippen LogP contribution is -2.58. The molecule has 0 spiro atoms. The maximum Gasteiger partial charge on any atom is 0.117 e. The maximum atomic E-state index is 11.9. The predicted molar refractivity (Wildman–Crippen MR) is 116 cm³/mol. The summed E-state index contributed by atoms with van der Waals surface area (Å²) in [4.78, 5) is 0. The van der Waals surface area contributed by atoms with Gasteiger partial charge in [-0.05, 0) is 44.2 Å². The van der Waals surface area contributed by atoms with Gasteiger partial charge in [0.15, 0.2) is 0 Å². The van der Waals surface area contributed by atoms with Crippen molar-refractivity contribution in [3.63, 3.8) is 0 Å². The third-order valence-corrected chi connectivity index (χ3v) is 6.66. The van der Waals surface area contributed by atoms with E-state index in [1.54, 1.807) is 0 Å². The quantitative estimate of drug-likeness (QED) is 0.551. The fraction of sp³-hybridized carbons (Fsp3) is 0.520. The molecule has 0 aliphatic heterocycles. The number of likely N-dealkylation sites (N-methyl/N-ethyl adjacent to an activating group) is 1. The molecular formula is C25H38NO+. The highest BCUT2D eigenvalue weighted by Gasteiger charge is 2.42. The Bertz CT molecular complexity index is 615. The molecule has 0 aliphatic rings. The number of aliphatic hydroxyl groups is 1. The summed E-state index contributed by atoms with van der Waals surface area (Å²) in [5.74, 6) is 0.404. The highest BCUT2D eigenvalue weighted by molar-refractivity contribution is 5.33. The van der Waals surface area contributed by atoms with Gasteiger partial charge >= 0.3 is 0 Å². The zero-order chi connectivity index (χ0) is 19.9. The van der Waals surface area contributed by atoms with Crippen LogP contribution in [0.5, 0.6) is 0 Å². The first-order valence-corrected chi connectivity index (χ1v) is 10.6. The van der Waals surface area contributed by atoms with E-state index >= 15 is 0 Å². The number of hydrogen-bond acceptors (Lipinski definition) is 1. The molecule has 1 N–H and O–H groups in total. The number of hydrogen-bond donors (Lipinski definition) is 1. The van der Waals surface area contributed by atoms with E-state index in [2.05, 4.69) is 95.3 Å². The molecule has 1 atom stereocenters. The summed E-state index contributed by atoms with van der Waals surface area (Å²) in [7, 11) is 0. The zero-order valence-corrected chi connectivity index (χ0v) is 17.9. The van der Waals surface area contributed by atoms with Crippen molar-refractivity contribution in [2.45, 2.75) is 52.6 Å². The molecule has 0 aliphatic carbocycles. The van der Waals surface area contributed by atoms with Gasteiger partial charge in [0.2, 0.25) is 0 Å². The summed E-state index contributed by atoms with van der Waals surface area (Å²) < 4.78 is 0.963. The fourth-order valence-electron chi connectivity index (χ4n) is 4.22. The normalized spacial score (nSPS) is 14.5. The van der Waals surface area contributed by atoms with Crippen LogP contribution in [-0.2, 0) is 0 Å². The van der Waals surface area contributed by atoms with Crippen LogP contribution >= 0.6 is 0 Å². The molecule has 148 valence electrons. The van der Waals surface area contributed by atoms with E-state index in [0.717, 1.165) is 37.1 Å². The Hall–Kier alpha value is -1.64. The smallest absolute Gasteiger partial charge is 0.117 e. The van der Waals surface area contributed by atoms with Gasteiger partial charge in [0, 0.05) is 5.92 Å². The molecule has 0 bridgehead atoms. The van der Waals surface area contributed by atoms with Gasteiger partial charge in [-0.2, -0.15) is 0 Å². The van der Waals surface area contributed by atoms with Crippen molar-refractivity contribution in [1.29, 1.82) is 0 Å². The second kappa shape index (κ2) is 9.52. The highest BCUT2D eigenvalue weighted by atomic mass is 16.3. The Morgan fingerprint density at radius 1 is 0.778 bits per heavy atom. The lowest BCUT2D eigenvalue weighted by atomic mass is 9.76. The van der Waals surface area contributed by atoms with Crippen molar-refractivity contribution in [3.8, 4) is 0 Å². The Balaban J connectivity index is 2.42. The molecule has 0 heterocycles. The minimum Gasteiger partial charge on any atom is -0.384 e. The van der Waals surface area contributed by atoms with E-state index in [1.165, 1.54) is 11.1 Å². The second-order valence-corrected chi connectivity index (χ2v) is 8.28. The lowest BCUT2D eigenvalue weighted by molar-refractivity contribution is -0.929. The Kier molecular flexibility index (Phi) is 7.64. The summed E-state index contributed by atoms with van der Waals surface area (Å²) in [6.45, 7) is 15.1. The van der Waals surface area contributed by atoms with Crippen LogP contribution in [0.3, 0.4) is 0 Å². The average molecular weight is 369 g/mol. The molecule has 1 unspecified atom stereocenters. The van der Waals surface area contributed by atoms with E-state index in [1.807, 2.05) is 0 Å². The summed E-state index contributed by atoms with van der Waals surface area (Å²) in [6, 6.07) is 21.3. The van der Waals surface area contributed by atoms with Crippen molar-refractivity contribution in [2.24, 2.45) is 5.92 Å². The van der Waals surface area contributed by atoms with Crippen LogP contribution in [0, 0.1) is 5.92 Å². The fourth-order valence-corrected chi connectivity index (χ4v) is 4.22. The molecular weight excluding hydrogens is 330 g/mol. The molecule has 0 fully saturated rings. The van der Waals surface area contributed by atoms with E-state index < -0.39 is 5.60 Å². The van der Waals surface area contributed by atoms with E-state index in [-0.39, 0.29) is 11.8 Å². The maximum absolute atomic E-state index is 11.9. The minimum atomic E-state index is -0.710. The van der Waals surface area contributed by atoms with Crippen molar-refractivity contribution >= 4 is 0 Å². The van der Waals surface area contributed by atoms with E-state index in [4.69, 9.17) is 0 Å². The van der Waals surface area contributed by atoms with Gasteiger partial charge in [-0.25, -0.2) is 0 Å². The van der Waals surface area contributed by atoms with Crippen LogP contribution in [0.2, 0.25) is 0 Å². The van der Waals surface area contributed by atoms with E-state index in [9.17, 15) is 5.11 Å². The second-order valence-electron chi connectivity index (χ2n) is 8.28. The van der Waals surface area contributed by atoms with Crippen LogP contribution in [0.15, 0.2) is 60.7 Å². The Morgan fingerprint density at radius 3 is 1.52 bits per heavy atom. The number of quaternary nitrogens is 1. The first-order valence-electron chi connectivity index (χ1n) is 10.6. The van der Waals surface area contributed by atoms with Crippen LogP contribution in [0.4, 0.5) is 0 Å². The third kappa shape index (κ3) is 5.21. The van der Waals surface area contributed by atoms with Gasteiger partial charge in [0.1, 0.15) is 12.1 Å². The van der Waals surface area contributed by atoms with Gasteiger partial charge in [0.05, 0.1) is 19.6 Å². The Morgan fingerprint density at radius 2 is 1.19 bits per heavy atom. The van der Waals surface area contributed by atoms with Gasteiger partial charge < -0.3 is 9.59 Å². The molecule has 0 saturated heterocycles. The first kappa shape index (κ1) is 21.7. The van der Waals surface area contributed by atoms with Gasteiger partial charge in [-0.15, -0.1) is 0 Å². The molecule has 2 heteroatoms. The molecule has 0 saturated carbocycles. The molecule has 0 amide bonds. The SMILES string of the molecule is CC[N+](CC)(CC)CC(O)(CC(c1ccccc1)c1ccccc1)C(C)C. The molecule has 2 nitrogen and oxygen atoms in total. The van der Waals surface area contributed by atoms with Crippen molar-refractivity contribution in [1.82, 2.24) is 0 Å². The van der Waals surface area contributed by atoms with Crippen molar-refractivity contribution in [2.75, 3.05) is 26.2 Å². The first-order chi connectivity index (χ1) is 12.9. The van der Waals surface area contributed by atoms with Crippen LogP contribution in [-0.4, -0.2) is 41.4 Å². The summed E-state index contributed by atoms with van der Waals surface area (Å²) in [6.07, 6.45) is 0.749. The van der Waals surface area contributed by atoms with Gasteiger partial charge in [0.25, 0.3) is 0 Å². The minimum absolute atomic E-state index is 0.201. The van der Waals surface area contributed by atoms with Crippen molar-refractivity contribution < 1.29 is 9.59 Å². The zero-order valence-electron chi connectivity index (χ0n) is 17.9. The standard InChI is InChI=1S/C25H38NO/c1-6-26(7-2,8-3)20-25(27,21(4)5)19-24(22-15-11-9-12-16-22)23-17-13-10-14-18-23/h9-18,21,24,27H,6-8,19-20H2,1-5H3/q+1. The van der Waals surface area contributed by atoms with Gasteiger partial charge in [-0.1, -0.05) is 74.5 Å². The third-order valence-electron chi connectivity index (χ3n) is 6.66. The van der Waals surface area contributed by atoms with Crippen molar-refractivity contribution in [3.05, 3.63) is 71.8 Å². The molecule has 2 rings (SSSR count). The largest absolute Gasteiger partial charge is 0.384 e. The molecule has 2 aromatic rings. The number of rotatable bonds is 10. The topological polar surface area (TPSA) is 20.2 Å². The summed E-state index contributed by atoms with van der Waals surface area (Å²) in [5, 5.41) is 11.9. The summed E-state index contributed by atoms with van der Waals surface area (Å²) in [5.41, 5.74) is 1.86. The summed E-state index contributed by atoms with van der Waals surface area (Å²) >= 11 is 0. The van der Waals surface area contributed by atoms with Gasteiger partial charge in [-0.3, -0.25) is 0 Å². The predicted octanol–water partition coefficient (Wildman–Crippen LogP) is 5.47. The number of benzene rings is 2. The molecule has 27 heavy (non-hydrogen) atoms. The number of nitrogens with zero attached hydrogens (tertiary/aromatic N) is 1. The van der Waals surface area contributed by atoms with Crippen LogP contribution < -0.4 is 0 Å². The molecule has 2 aromatic carbocycles. The Labute approximate surface area is 166 Å². The van der Waals surface area contributed by atoms with Crippen LogP contribution in [0.1, 0.15) is 58.1 Å².